The highest BCUT2D eigenvalue weighted by Gasteiger charge is 2.34. The van der Waals surface area contributed by atoms with Crippen molar-refractivity contribution >= 4 is 0 Å². The number of hydrogen-bond acceptors (Lipinski definition) is 5. The van der Waals surface area contributed by atoms with E-state index in [0.717, 1.165) is 53.6 Å². The van der Waals surface area contributed by atoms with Gasteiger partial charge in [-0.3, -0.25) is 9.78 Å². The molecule has 1 saturated carbocycles. The molecule has 1 aliphatic carbocycles. The molecular weight excluding hydrogens is 447 g/mol. The normalized spacial score (nSPS) is 15.4. The van der Waals surface area contributed by atoms with Gasteiger partial charge in [-0.25, -0.2) is 18.1 Å². The van der Waals surface area contributed by atoms with Gasteiger partial charge in [0, 0.05) is 18.8 Å². The van der Waals surface area contributed by atoms with Crippen LogP contribution in [-0.4, -0.2) is 29.8 Å². The van der Waals surface area contributed by atoms with Crippen LogP contribution in [0.25, 0.3) is 11.4 Å². The highest BCUT2D eigenvalue weighted by Crippen LogP contribution is 2.34. The fourth-order valence-electron chi connectivity index (χ4n) is 4.27. The minimum atomic E-state index is -4.67. The molecule has 7 nitrogen and oxygen atoms in total. The molecule has 1 aliphatic rings. The van der Waals surface area contributed by atoms with E-state index in [2.05, 4.69) is 20.4 Å². The molecular formula is C21H21F5N6O. The van der Waals surface area contributed by atoms with Gasteiger partial charge < -0.3 is 0 Å². The van der Waals surface area contributed by atoms with Gasteiger partial charge in [-0.2, -0.15) is 18.3 Å². The first-order valence-electron chi connectivity index (χ1n) is 10.5. The first-order chi connectivity index (χ1) is 15.7. The highest BCUT2D eigenvalue weighted by molar-refractivity contribution is 5.58. The van der Waals surface area contributed by atoms with Crippen molar-refractivity contribution in [2.24, 2.45) is 7.05 Å². The first-order valence-corrected chi connectivity index (χ1v) is 10.5. The summed E-state index contributed by atoms with van der Waals surface area (Å²) in [5.41, 5.74) is -2.29. The Bertz CT molecular complexity index is 1200. The molecule has 0 unspecified atom stereocenters. The van der Waals surface area contributed by atoms with E-state index in [1.165, 1.54) is 19.3 Å². The zero-order valence-corrected chi connectivity index (χ0v) is 17.7. The standard InChI is InChI=1S/C21H21F5N6O/c1-31-18(17(19(22)23)28-30-31)15-10-13(12-6-3-2-4-7-12)20(33)32(29-15)11-16-14(21(24,25)26)8-5-9-27-16/h5,8-10,12,19H,2-4,6-7,11H2,1H3. The zero-order valence-electron chi connectivity index (χ0n) is 17.7. The number of pyridine rings is 1. The van der Waals surface area contributed by atoms with Gasteiger partial charge in [0.15, 0.2) is 5.69 Å². The third-order valence-corrected chi connectivity index (χ3v) is 5.84. The molecule has 0 aromatic carbocycles. The Balaban J connectivity index is 1.89. The van der Waals surface area contributed by atoms with Crippen LogP contribution in [0, 0.1) is 0 Å². The maximum Gasteiger partial charge on any atom is 0.418 e. The molecule has 176 valence electrons. The van der Waals surface area contributed by atoms with Crippen LogP contribution >= 0.6 is 0 Å². The van der Waals surface area contributed by atoms with Crippen molar-refractivity contribution in [1.82, 2.24) is 29.8 Å². The second-order valence-electron chi connectivity index (χ2n) is 8.03. The number of nitrogens with zero attached hydrogens (tertiary/aromatic N) is 6. The molecule has 1 fully saturated rings. The summed E-state index contributed by atoms with van der Waals surface area (Å²) >= 11 is 0. The lowest BCUT2D eigenvalue weighted by atomic mass is 9.84. The minimum absolute atomic E-state index is 0.00228. The predicted molar refractivity (Wildman–Crippen MR) is 108 cm³/mol. The molecule has 0 atom stereocenters. The Morgan fingerprint density at radius 2 is 1.91 bits per heavy atom. The van der Waals surface area contributed by atoms with E-state index in [1.807, 2.05) is 0 Å². The molecule has 4 rings (SSSR count). The molecule has 0 N–H and O–H groups in total. The summed E-state index contributed by atoms with van der Waals surface area (Å²) in [6.45, 7) is -0.558. The Hall–Kier alpha value is -3.18. The molecule has 0 radical (unpaired) electrons. The summed E-state index contributed by atoms with van der Waals surface area (Å²) in [5, 5.41) is 11.3. The van der Waals surface area contributed by atoms with Crippen molar-refractivity contribution in [3.05, 3.63) is 57.3 Å². The summed E-state index contributed by atoms with van der Waals surface area (Å²) in [5.74, 6) is -0.138. The molecule has 33 heavy (non-hydrogen) atoms. The summed E-state index contributed by atoms with van der Waals surface area (Å²) in [6, 6.07) is 3.48. The van der Waals surface area contributed by atoms with Crippen molar-refractivity contribution in [3.63, 3.8) is 0 Å². The second-order valence-corrected chi connectivity index (χ2v) is 8.03. The third-order valence-electron chi connectivity index (χ3n) is 5.84. The summed E-state index contributed by atoms with van der Waals surface area (Å²) in [6.07, 6.45) is -2.16. The molecule has 0 aliphatic heterocycles. The number of aromatic nitrogens is 6. The maximum atomic E-state index is 13.5. The SMILES string of the molecule is Cn1nnc(C(F)F)c1-c1cc(C2CCCCC2)c(=O)n(Cc2ncccc2C(F)(F)F)n1. The molecule has 0 amide bonds. The topological polar surface area (TPSA) is 78.5 Å². The van der Waals surface area contributed by atoms with E-state index in [0.29, 0.717) is 5.56 Å². The summed E-state index contributed by atoms with van der Waals surface area (Å²) in [7, 11) is 1.41. The van der Waals surface area contributed by atoms with Crippen LogP contribution in [0.2, 0.25) is 0 Å². The van der Waals surface area contributed by atoms with Gasteiger partial charge in [0.05, 0.1) is 17.8 Å². The quantitative estimate of drug-likeness (QED) is 0.516. The van der Waals surface area contributed by atoms with Gasteiger partial charge in [0.1, 0.15) is 11.4 Å². The van der Waals surface area contributed by atoms with Gasteiger partial charge in [0.25, 0.3) is 12.0 Å². The Morgan fingerprint density at radius 1 is 1.18 bits per heavy atom. The van der Waals surface area contributed by atoms with E-state index in [1.54, 1.807) is 0 Å². The number of rotatable bonds is 5. The average Bonchev–Trinajstić information content (AvgIpc) is 3.17. The van der Waals surface area contributed by atoms with Gasteiger partial charge >= 0.3 is 6.18 Å². The lowest BCUT2D eigenvalue weighted by molar-refractivity contribution is -0.138. The fourth-order valence-corrected chi connectivity index (χ4v) is 4.27. The number of alkyl halides is 5. The largest absolute Gasteiger partial charge is 0.418 e. The molecule has 3 aromatic heterocycles. The Labute approximate surface area is 185 Å². The number of hydrogen-bond donors (Lipinski definition) is 0. The lowest BCUT2D eigenvalue weighted by Gasteiger charge is -2.22. The molecule has 0 bridgehead atoms. The van der Waals surface area contributed by atoms with Crippen LogP contribution < -0.4 is 5.56 Å². The second kappa shape index (κ2) is 8.99. The van der Waals surface area contributed by atoms with E-state index in [-0.39, 0.29) is 23.0 Å². The van der Waals surface area contributed by atoms with Gasteiger partial charge in [0.2, 0.25) is 0 Å². The Morgan fingerprint density at radius 3 is 2.58 bits per heavy atom. The lowest BCUT2D eigenvalue weighted by Crippen LogP contribution is -2.30. The van der Waals surface area contributed by atoms with Crippen LogP contribution in [0.5, 0.6) is 0 Å². The van der Waals surface area contributed by atoms with E-state index in [9.17, 15) is 26.7 Å². The molecule has 3 heterocycles. The zero-order chi connectivity index (χ0) is 23.8. The molecule has 12 heteroatoms. The van der Waals surface area contributed by atoms with E-state index < -0.39 is 36.0 Å². The van der Waals surface area contributed by atoms with Crippen LogP contribution in [-0.2, 0) is 19.8 Å². The van der Waals surface area contributed by atoms with Crippen LogP contribution in [0.1, 0.15) is 67.0 Å². The van der Waals surface area contributed by atoms with Crippen LogP contribution in [0.3, 0.4) is 0 Å². The highest BCUT2D eigenvalue weighted by atomic mass is 19.4. The van der Waals surface area contributed by atoms with Crippen LogP contribution in [0.15, 0.2) is 29.2 Å². The third kappa shape index (κ3) is 4.64. The summed E-state index contributed by atoms with van der Waals surface area (Å²) in [4.78, 5) is 17.1. The molecule has 0 saturated heterocycles. The summed E-state index contributed by atoms with van der Waals surface area (Å²) < 4.78 is 69.5. The van der Waals surface area contributed by atoms with Crippen molar-refractivity contribution < 1.29 is 22.0 Å². The molecule has 0 spiro atoms. The van der Waals surface area contributed by atoms with Crippen molar-refractivity contribution in [1.29, 1.82) is 0 Å². The minimum Gasteiger partial charge on any atom is -0.267 e. The maximum absolute atomic E-state index is 13.5. The molecule has 3 aromatic rings. The van der Waals surface area contributed by atoms with Crippen LogP contribution in [0.4, 0.5) is 22.0 Å². The average molecular weight is 468 g/mol. The Kier molecular flexibility index (Phi) is 6.26. The van der Waals surface area contributed by atoms with Gasteiger partial charge in [-0.05, 0) is 37.0 Å². The van der Waals surface area contributed by atoms with Gasteiger partial charge in [-0.15, -0.1) is 5.10 Å². The first kappa shape index (κ1) is 23.0. The number of aryl methyl sites for hydroxylation is 1. The van der Waals surface area contributed by atoms with E-state index in [4.69, 9.17) is 0 Å². The smallest absolute Gasteiger partial charge is 0.267 e. The van der Waals surface area contributed by atoms with Crippen molar-refractivity contribution in [2.45, 2.75) is 57.2 Å². The fraction of sp³-hybridized carbons (Fsp3) is 0.476. The predicted octanol–water partition coefficient (Wildman–Crippen LogP) is 4.49. The monoisotopic (exact) mass is 468 g/mol. The van der Waals surface area contributed by atoms with Gasteiger partial charge in [-0.1, -0.05) is 24.5 Å². The van der Waals surface area contributed by atoms with E-state index >= 15 is 0 Å². The number of halogens is 5. The van der Waals surface area contributed by atoms with Crippen molar-refractivity contribution in [3.8, 4) is 11.4 Å². The van der Waals surface area contributed by atoms with Crippen molar-refractivity contribution in [2.75, 3.05) is 0 Å².